The first-order valence-corrected chi connectivity index (χ1v) is 14.4. The number of rotatable bonds is 7. The number of hydrogen-bond donors (Lipinski definition) is 2. The Morgan fingerprint density at radius 1 is 1.05 bits per heavy atom. The summed E-state index contributed by atoms with van der Waals surface area (Å²) in [6.45, 7) is 0.870. The third-order valence-corrected chi connectivity index (χ3v) is 8.79. The molecular formula is C30H25BrN4O3S. The maximum Gasteiger partial charge on any atom is 0.258 e. The van der Waals surface area contributed by atoms with Gasteiger partial charge in [-0.2, -0.15) is 0 Å². The minimum absolute atomic E-state index is 0.114. The molecule has 2 amide bonds. The molecule has 0 radical (unpaired) electrons. The summed E-state index contributed by atoms with van der Waals surface area (Å²) in [5.74, 6) is -0.261. The molecule has 4 aromatic rings. The molecule has 6 rings (SSSR count). The minimum Gasteiger partial charge on any atom is -0.322 e. The topological polar surface area (TPSA) is 91.4 Å². The number of Topliss-reactive ketones (excluding diaryl/α,β-unsaturated/α-hetero) is 1. The number of nitrogens with one attached hydrogen (secondary N) is 2. The van der Waals surface area contributed by atoms with E-state index in [1.807, 2.05) is 30.3 Å². The lowest BCUT2D eigenvalue weighted by Crippen LogP contribution is -2.32. The summed E-state index contributed by atoms with van der Waals surface area (Å²) in [6, 6.07) is 18.9. The van der Waals surface area contributed by atoms with Crippen LogP contribution in [-0.4, -0.2) is 41.7 Å². The summed E-state index contributed by atoms with van der Waals surface area (Å²) in [5.41, 5.74) is 4.48. The van der Waals surface area contributed by atoms with E-state index in [2.05, 4.69) is 31.5 Å². The van der Waals surface area contributed by atoms with Crippen LogP contribution < -0.4 is 15.5 Å². The lowest BCUT2D eigenvalue weighted by molar-refractivity contribution is 0.0981. The van der Waals surface area contributed by atoms with E-state index in [0.29, 0.717) is 46.8 Å². The fourth-order valence-electron chi connectivity index (χ4n) is 4.67. The van der Waals surface area contributed by atoms with Crippen LogP contribution in [0.15, 0.2) is 77.5 Å². The summed E-state index contributed by atoms with van der Waals surface area (Å²) in [6.07, 6.45) is 6.08. The highest BCUT2D eigenvalue weighted by Crippen LogP contribution is 2.42. The Morgan fingerprint density at radius 2 is 1.85 bits per heavy atom. The molecule has 1 aliphatic heterocycles. The first-order valence-electron chi connectivity index (χ1n) is 12.8. The molecule has 1 fully saturated rings. The maximum absolute atomic E-state index is 13.7. The van der Waals surface area contributed by atoms with E-state index >= 15 is 0 Å². The lowest BCUT2D eigenvalue weighted by atomic mass is 10.1. The Hall–Kier alpha value is -3.66. The molecular weight excluding hydrogens is 576 g/mol. The average Bonchev–Trinajstić information content (AvgIpc) is 3.72. The molecule has 9 heteroatoms. The Kier molecular flexibility index (Phi) is 7.12. The number of aromatic nitrogens is 1. The molecule has 2 N–H and O–H groups in total. The highest BCUT2D eigenvalue weighted by atomic mass is 79.9. The van der Waals surface area contributed by atoms with Gasteiger partial charge in [0, 0.05) is 51.1 Å². The largest absolute Gasteiger partial charge is 0.322 e. The fraction of sp³-hybridized carbons (Fsp3) is 0.200. The second-order valence-electron chi connectivity index (χ2n) is 9.65. The molecule has 0 atom stereocenters. The number of amides is 2. The lowest BCUT2D eigenvalue weighted by Gasteiger charge is -2.23. The summed E-state index contributed by atoms with van der Waals surface area (Å²) in [5, 5.41) is 6.17. The van der Waals surface area contributed by atoms with Crippen LogP contribution in [-0.2, 0) is 6.42 Å². The number of carbonyl (C=O) groups is 3. The number of carbonyl (C=O) groups excluding carboxylic acids is 3. The van der Waals surface area contributed by atoms with Gasteiger partial charge in [-0.25, -0.2) is 0 Å². The highest BCUT2D eigenvalue weighted by Gasteiger charge is 2.28. The van der Waals surface area contributed by atoms with Crippen molar-refractivity contribution >= 4 is 56.2 Å². The number of ketones is 1. The second-order valence-corrected chi connectivity index (χ2v) is 11.6. The van der Waals surface area contributed by atoms with Crippen molar-refractivity contribution in [2.45, 2.75) is 25.3 Å². The molecule has 0 saturated heterocycles. The van der Waals surface area contributed by atoms with Gasteiger partial charge in [0.25, 0.3) is 11.8 Å². The van der Waals surface area contributed by atoms with E-state index in [0.717, 1.165) is 39.4 Å². The molecule has 1 aliphatic carbocycles. The van der Waals surface area contributed by atoms with Gasteiger partial charge in [-0.15, -0.1) is 11.3 Å². The van der Waals surface area contributed by atoms with Gasteiger partial charge in [0.15, 0.2) is 5.78 Å². The molecule has 2 aromatic heterocycles. The van der Waals surface area contributed by atoms with Crippen LogP contribution in [0.5, 0.6) is 0 Å². The second kappa shape index (κ2) is 10.8. The molecule has 39 heavy (non-hydrogen) atoms. The van der Waals surface area contributed by atoms with Gasteiger partial charge in [-0.1, -0.05) is 18.2 Å². The van der Waals surface area contributed by atoms with Gasteiger partial charge in [0.1, 0.15) is 0 Å². The molecule has 0 unspecified atom stereocenters. The van der Waals surface area contributed by atoms with Crippen molar-refractivity contribution in [3.05, 3.63) is 99.1 Å². The summed E-state index contributed by atoms with van der Waals surface area (Å²) >= 11 is 4.86. The van der Waals surface area contributed by atoms with Gasteiger partial charge >= 0.3 is 0 Å². The van der Waals surface area contributed by atoms with Crippen LogP contribution in [0.1, 0.15) is 48.8 Å². The number of hydrogen-bond acceptors (Lipinski definition) is 6. The van der Waals surface area contributed by atoms with Crippen molar-refractivity contribution in [2.24, 2.45) is 0 Å². The van der Waals surface area contributed by atoms with Crippen LogP contribution in [0.25, 0.3) is 10.4 Å². The van der Waals surface area contributed by atoms with E-state index < -0.39 is 0 Å². The van der Waals surface area contributed by atoms with Crippen LogP contribution in [0.4, 0.5) is 11.4 Å². The van der Waals surface area contributed by atoms with Crippen molar-refractivity contribution in [3.63, 3.8) is 0 Å². The van der Waals surface area contributed by atoms with Gasteiger partial charge in [0.05, 0.1) is 22.7 Å². The predicted octanol–water partition coefficient (Wildman–Crippen LogP) is 5.96. The van der Waals surface area contributed by atoms with Crippen LogP contribution in [0.2, 0.25) is 0 Å². The smallest absolute Gasteiger partial charge is 0.258 e. The predicted molar refractivity (Wildman–Crippen MR) is 157 cm³/mol. The van der Waals surface area contributed by atoms with Gasteiger partial charge in [0.2, 0.25) is 0 Å². The first-order chi connectivity index (χ1) is 19.0. The number of para-hydroxylation sites is 1. The number of thiophene rings is 1. The molecule has 0 spiro atoms. The van der Waals surface area contributed by atoms with Crippen molar-refractivity contribution in [1.82, 2.24) is 10.3 Å². The molecule has 2 aliphatic rings. The maximum atomic E-state index is 13.7. The normalized spacial score (nSPS) is 14.2. The molecule has 196 valence electrons. The van der Waals surface area contributed by atoms with Crippen molar-refractivity contribution in [2.75, 3.05) is 23.3 Å². The van der Waals surface area contributed by atoms with E-state index in [4.69, 9.17) is 0 Å². The van der Waals surface area contributed by atoms with Crippen molar-refractivity contribution in [1.29, 1.82) is 0 Å². The van der Waals surface area contributed by atoms with Gasteiger partial charge in [-0.05, 0) is 83.2 Å². The van der Waals surface area contributed by atoms with E-state index in [1.54, 1.807) is 47.6 Å². The number of halogens is 1. The van der Waals surface area contributed by atoms with E-state index in [1.165, 1.54) is 11.3 Å². The number of pyridine rings is 1. The van der Waals surface area contributed by atoms with Gasteiger partial charge < -0.3 is 15.5 Å². The number of fused-ring (bicyclic) bond motifs is 3. The zero-order chi connectivity index (χ0) is 26.9. The number of anilines is 2. The Labute approximate surface area is 238 Å². The summed E-state index contributed by atoms with van der Waals surface area (Å²) < 4.78 is 0.606. The third-order valence-electron chi connectivity index (χ3n) is 6.91. The van der Waals surface area contributed by atoms with E-state index in [-0.39, 0.29) is 17.6 Å². The third kappa shape index (κ3) is 5.43. The van der Waals surface area contributed by atoms with Crippen LogP contribution in [0, 0.1) is 0 Å². The fourth-order valence-corrected chi connectivity index (χ4v) is 6.28. The molecule has 0 bridgehead atoms. The quantitative estimate of drug-likeness (QED) is 0.255. The van der Waals surface area contributed by atoms with Crippen LogP contribution in [0.3, 0.4) is 0 Å². The standard InChI is InChI=1S/C30H25BrN4O3S/c31-24-16-32-13-11-22(24)29(37)34-21-7-5-18(6-8-21)30(38)35-14-12-19-15-27(26(36)17-33-20-9-10-20)39-28(19)23-3-1-2-4-25(23)35/h1-8,11,13,15-16,20,33H,9-10,12,14,17H2,(H,34,37). The molecule has 7 nitrogen and oxygen atoms in total. The monoisotopic (exact) mass is 600 g/mol. The SMILES string of the molecule is O=C(CNC1CC1)c1cc2c(s1)-c1ccccc1N(C(=O)c1ccc(NC(=O)c3ccncc3Br)cc1)CC2. The number of nitrogens with zero attached hydrogens (tertiary/aromatic N) is 2. The summed E-state index contributed by atoms with van der Waals surface area (Å²) in [7, 11) is 0. The average molecular weight is 602 g/mol. The highest BCUT2D eigenvalue weighted by molar-refractivity contribution is 9.10. The van der Waals surface area contributed by atoms with Crippen LogP contribution >= 0.6 is 27.3 Å². The Morgan fingerprint density at radius 3 is 2.62 bits per heavy atom. The van der Waals surface area contributed by atoms with E-state index in [9.17, 15) is 14.4 Å². The molecule has 1 saturated carbocycles. The number of benzene rings is 2. The van der Waals surface area contributed by atoms with Crippen molar-refractivity contribution in [3.8, 4) is 10.4 Å². The zero-order valence-corrected chi connectivity index (χ0v) is 23.3. The Bertz CT molecular complexity index is 1580. The minimum atomic E-state index is -0.267. The zero-order valence-electron chi connectivity index (χ0n) is 20.9. The van der Waals surface area contributed by atoms with Crippen molar-refractivity contribution < 1.29 is 14.4 Å². The summed E-state index contributed by atoms with van der Waals surface area (Å²) in [4.78, 5) is 46.7. The molecule has 3 heterocycles. The Balaban J connectivity index is 1.21. The van der Waals surface area contributed by atoms with Gasteiger partial charge in [-0.3, -0.25) is 19.4 Å². The first kappa shape index (κ1) is 25.6. The molecule has 2 aromatic carbocycles.